The quantitative estimate of drug-likeness (QED) is 0.510. The number of aliphatic hydroxyl groups excluding tert-OH is 1. The highest BCUT2D eigenvalue weighted by atomic mass is 16.5. The van der Waals surface area contributed by atoms with Gasteiger partial charge in [-0.05, 0) is 6.42 Å². The summed E-state index contributed by atoms with van der Waals surface area (Å²) in [5.41, 5.74) is 0.326. The zero-order chi connectivity index (χ0) is 9.72. The fraction of sp³-hybridized carbons (Fsp3) is 0.667. The summed E-state index contributed by atoms with van der Waals surface area (Å²) in [6.07, 6.45) is 0.0913. The van der Waals surface area contributed by atoms with Crippen molar-refractivity contribution in [1.82, 2.24) is 0 Å². The fourth-order valence-electron chi connectivity index (χ4n) is 0.903. The van der Waals surface area contributed by atoms with Crippen molar-refractivity contribution in [1.29, 1.82) is 0 Å². The van der Waals surface area contributed by atoms with Gasteiger partial charge in [-0.15, -0.1) is 0 Å². The molecule has 0 aliphatic heterocycles. The molecule has 0 amide bonds. The van der Waals surface area contributed by atoms with E-state index in [0.29, 0.717) is 12.0 Å². The van der Waals surface area contributed by atoms with E-state index in [1.165, 1.54) is 7.11 Å². The predicted molar refractivity (Wildman–Crippen MR) is 46.6 cm³/mol. The van der Waals surface area contributed by atoms with E-state index in [-0.39, 0.29) is 5.92 Å². The van der Waals surface area contributed by atoms with Crippen LogP contribution in [0.1, 0.15) is 20.3 Å². The second kappa shape index (κ2) is 4.93. The van der Waals surface area contributed by atoms with Crippen molar-refractivity contribution < 1.29 is 14.6 Å². The SMILES string of the molecule is C=C(C(=O)OC)[C@H](C)[C@@H](O)CC. The van der Waals surface area contributed by atoms with Crippen LogP contribution in [0.2, 0.25) is 0 Å². The highest BCUT2D eigenvalue weighted by Crippen LogP contribution is 2.16. The Morgan fingerprint density at radius 2 is 2.17 bits per heavy atom. The van der Waals surface area contributed by atoms with Gasteiger partial charge in [-0.2, -0.15) is 0 Å². The van der Waals surface area contributed by atoms with Crippen LogP contribution in [0.4, 0.5) is 0 Å². The van der Waals surface area contributed by atoms with E-state index in [4.69, 9.17) is 0 Å². The Morgan fingerprint density at radius 1 is 1.67 bits per heavy atom. The molecule has 12 heavy (non-hydrogen) atoms. The van der Waals surface area contributed by atoms with Crippen LogP contribution in [0.5, 0.6) is 0 Å². The van der Waals surface area contributed by atoms with Gasteiger partial charge in [0.05, 0.1) is 13.2 Å². The number of hydrogen-bond donors (Lipinski definition) is 1. The second-order valence-electron chi connectivity index (χ2n) is 2.78. The predicted octanol–water partition coefficient (Wildman–Crippen LogP) is 1.12. The average molecular weight is 172 g/mol. The molecule has 1 N–H and O–H groups in total. The van der Waals surface area contributed by atoms with Crippen LogP contribution in [0.25, 0.3) is 0 Å². The molecule has 0 heterocycles. The molecule has 0 fully saturated rings. The third kappa shape index (κ3) is 2.66. The molecule has 0 radical (unpaired) electrons. The summed E-state index contributed by atoms with van der Waals surface area (Å²) in [4.78, 5) is 10.9. The summed E-state index contributed by atoms with van der Waals surface area (Å²) in [6, 6.07) is 0. The molecule has 0 saturated heterocycles. The molecule has 0 unspecified atom stereocenters. The van der Waals surface area contributed by atoms with Gasteiger partial charge in [0.25, 0.3) is 0 Å². The zero-order valence-electron chi connectivity index (χ0n) is 7.83. The Kier molecular flexibility index (Phi) is 4.59. The van der Waals surface area contributed by atoms with Crippen molar-refractivity contribution in [2.75, 3.05) is 7.11 Å². The molecular formula is C9H16O3. The molecule has 0 aromatic heterocycles. The first-order valence-corrected chi connectivity index (χ1v) is 3.99. The van der Waals surface area contributed by atoms with Gasteiger partial charge in [-0.1, -0.05) is 20.4 Å². The van der Waals surface area contributed by atoms with Gasteiger partial charge >= 0.3 is 5.97 Å². The lowest BCUT2D eigenvalue weighted by atomic mass is 9.95. The molecule has 0 aliphatic rings. The maximum Gasteiger partial charge on any atom is 0.333 e. The topological polar surface area (TPSA) is 46.5 Å². The molecule has 0 aliphatic carbocycles. The van der Waals surface area contributed by atoms with Crippen molar-refractivity contribution in [2.24, 2.45) is 5.92 Å². The number of ether oxygens (including phenoxy) is 1. The number of rotatable bonds is 4. The van der Waals surface area contributed by atoms with Crippen LogP contribution in [0.3, 0.4) is 0 Å². The average Bonchev–Trinajstić information content (AvgIpc) is 2.12. The summed E-state index contributed by atoms with van der Waals surface area (Å²) >= 11 is 0. The summed E-state index contributed by atoms with van der Waals surface area (Å²) in [5.74, 6) is -0.683. The van der Waals surface area contributed by atoms with Gasteiger partial charge in [-0.25, -0.2) is 4.79 Å². The largest absolute Gasteiger partial charge is 0.466 e. The summed E-state index contributed by atoms with van der Waals surface area (Å²) in [7, 11) is 1.30. The van der Waals surface area contributed by atoms with Crippen LogP contribution in [0, 0.1) is 5.92 Å². The molecule has 0 aromatic rings. The molecule has 0 aromatic carbocycles. The first-order valence-electron chi connectivity index (χ1n) is 3.99. The van der Waals surface area contributed by atoms with Gasteiger partial charge < -0.3 is 9.84 Å². The Labute approximate surface area is 73.0 Å². The normalized spacial score (nSPS) is 15.0. The molecule has 2 atom stereocenters. The van der Waals surface area contributed by atoms with Crippen LogP contribution >= 0.6 is 0 Å². The standard InChI is InChI=1S/C9H16O3/c1-5-8(10)6(2)7(3)9(11)12-4/h6,8,10H,3,5H2,1-2,4H3/t6-,8-/m0/s1. The zero-order valence-corrected chi connectivity index (χ0v) is 7.83. The second-order valence-corrected chi connectivity index (χ2v) is 2.78. The van der Waals surface area contributed by atoms with E-state index in [1.54, 1.807) is 6.92 Å². The van der Waals surface area contributed by atoms with Gasteiger partial charge in [0.15, 0.2) is 0 Å². The van der Waals surface area contributed by atoms with E-state index in [0.717, 1.165) is 0 Å². The van der Waals surface area contributed by atoms with Crippen LogP contribution in [0.15, 0.2) is 12.2 Å². The molecule has 0 spiro atoms. The molecular weight excluding hydrogens is 156 g/mol. The van der Waals surface area contributed by atoms with Crippen molar-refractivity contribution in [3.05, 3.63) is 12.2 Å². The molecule has 0 saturated carbocycles. The van der Waals surface area contributed by atoms with Crippen molar-refractivity contribution >= 4 is 5.97 Å². The Bertz CT molecular complexity index is 175. The van der Waals surface area contributed by atoms with Crippen LogP contribution in [-0.2, 0) is 9.53 Å². The minimum Gasteiger partial charge on any atom is -0.466 e. The first kappa shape index (κ1) is 11.2. The maximum atomic E-state index is 10.9. The molecule has 3 heteroatoms. The van der Waals surface area contributed by atoms with Gasteiger partial charge in [0.2, 0.25) is 0 Å². The lowest BCUT2D eigenvalue weighted by molar-refractivity contribution is -0.137. The number of methoxy groups -OCH3 is 1. The lowest BCUT2D eigenvalue weighted by Gasteiger charge is -2.17. The van der Waals surface area contributed by atoms with Gasteiger partial charge in [0.1, 0.15) is 0 Å². The Balaban J connectivity index is 4.19. The van der Waals surface area contributed by atoms with Gasteiger partial charge in [0, 0.05) is 11.5 Å². The summed E-state index contributed by atoms with van der Waals surface area (Å²) < 4.78 is 4.48. The molecule has 3 nitrogen and oxygen atoms in total. The van der Waals surface area contributed by atoms with E-state index in [2.05, 4.69) is 11.3 Å². The fourth-order valence-corrected chi connectivity index (χ4v) is 0.903. The van der Waals surface area contributed by atoms with Gasteiger partial charge in [-0.3, -0.25) is 0 Å². The van der Waals surface area contributed by atoms with E-state index in [1.807, 2.05) is 6.92 Å². The third-order valence-electron chi connectivity index (χ3n) is 1.99. The van der Waals surface area contributed by atoms with Crippen LogP contribution in [-0.4, -0.2) is 24.3 Å². The number of esters is 1. The van der Waals surface area contributed by atoms with Crippen LogP contribution < -0.4 is 0 Å². The van der Waals surface area contributed by atoms with Crippen molar-refractivity contribution in [3.63, 3.8) is 0 Å². The van der Waals surface area contributed by atoms with E-state index >= 15 is 0 Å². The number of carbonyl (C=O) groups excluding carboxylic acids is 1. The monoisotopic (exact) mass is 172 g/mol. The summed E-state index contributed by atoms with van der Waals surface area (Å²) in [6.45, 7) is 7.17. The maximum absolute atomic E-state index is 10.9. The third-order valence-corrected chi connectivity index (χ3v) is 1.99. The Hall–Kier alpha value is -0.830. The first-order chi connectivity index (χ1) is 5.54. The van der Waals surface area contributed by atoms with E-state index in [9.17, 15) is 9.90 Å². The smallest absolute Gasteiger partial charge is 0.333 e. The molecule has 70 valence electrons. The number of aliphatic hydroxyl groups is 1. The molecule has 0 bridgehead atoms. The minimum absolute atomic E-state index is 0.234. The van der Waals surface area contributed by atoms with E-state index < -0.39 is 12.1 Å². The number of hydrogen-bond acceptors (Lipinski definition) is 3. The van der Waals surface area contributed by atoms with Crippen molar-refractivity contribution in [3.8, 4) is 0 Å². The summed E-state index contributed by atoms with van der Waals surface area (Å²) in [5, 5.41) is 9.37. The lowest BCUT2D eigenvalue weighted by Crippen LogP contribution is -2.22. The Morgan fingerprint density at radius 3 is 2.50 bits per heavy atom. The highest BCUT2D eigenvalue weighted by Gasteiger charge is 2.20. The highest BCUT2D eigenvalue weighted by molar-refractivity contribution is 5.88. The van der Waals surface area contributed by atoms with Crippen molar-refractivity contribution in [2.45, 2.75) is 26.4 Å². The molecule has 0 rings (SSSR count). The number of carbonyl (C=O) groups is 1. The minimum atomic E-state index is -0.517.